The number of hydrogen-bond donors (Lipinski definition) is 1. The second kappa shape index (κ2) is 5.15. The van der Waals surface area contributed by atoms with E-state index in [-0.39, 0.29) is 12.1 Å². The van der Waals surface area contributed by atoms with E-state index < -0.39 is 0 Å². The third-order valence-electron chi connectivity index (χ3n) is 3.80. The minimum atomic E-state index is 0.262. The van der Waals surface area contributed by atoms with Gasteiger partial charge >= 0.3 is 0 Å². The van der Waals surface area contributed by atoms with Crippen molar-refractivity contribution in [3.8, 4) is 0 Å². The highest BCUT2D eigenvalue weighted by atomic mass is 16.2. The lowest BCUT2D eigenvalue weighted by atomic mass is 10.2. The van der Waals surface area contributed by atoms with Crippen LogP contribution in [0.5, 0.6) is 0 Å². The minimum Gasteiger partial charge on any atom is -0.325 e. The lowest BCUT2D eigenvalue weighted by Crippen LogP contribution is -2.46. The van der Waals surface area contributed by atoms with Gasteiger partial charge in [-0.2, -0.15) is 0 Å². The molecule has 0 aliphatic carbocycles. The molecule has 0 bridgehead atoms. The van der Waals surface area contributed by atoms with Crippen molar-refractivity contribution >= 4 is 5.91 Å². The summed E-state index contributed by atoms with van der Waals surface area (Å²) in [5.74, 6) is 0.262. The quantitative estimate of drug-likeness (QED) is 0.762. The van der Waals surface area contributed by atoms with E-state index in [1.807, 2.05) is 4.90 Å². The van der Waals surface area contributed by atoms with Crippen LogP contribution in [0.15, 0.2) is 0 Å². The molecule has 0 spiro atoms. The first kappa shape index (κ1) is 11.9. The zero-order valence-electron chi connectivity index (χ0n) is 10.4. The Morgan fingerprint density at radius 1 is 1.44 bits per heavy atom. The van der Waals surface area contributed by atoms with Crippen LogP contribution in [0.25, 0.3) is 0 Å². The molecule has 0 radical (unpaired) electrons. The third-order valence-corrected chi connectivity index (χ3v) is 3.80. The van der Waals surface area contributed by atoms with E-state index in [1.54, 1.807) is 0 Å². The molecule has 92 valence electrons. The van der Waals surface area contributed by atoms with Crippen molar-refractivity contribution in [1.29, 1.82) is 0 Å². The van der Waals surface area contributed by atoms with Crippen LogP contribution in [0.2, 0.25) is 0 Å². The molecule has 2 unspecified atom stereocenters. The maximum Gasteiger partial charge on any atom is 0.237 e. The number of hydrogen-bond acceptors (Lipinski definition) is 3. The fraction of sp³-hybridized carbons (Fsp3) is 0.917. The third kappa shape index (κ3) is 2.38. The zero-order valence-corrected chi connectivity index (χ0v) is 10.4. The largest absolute Gasteiger partial charge is 0.325 e. The molecule has 4 nitrogen and oxygen atoms in total. The summed E-state index contributed by atoms with van der Waals surface area (Å²) in [4.78, 5) is 16.3. The molecule has 0 aromatic rings. The minimum absolute atomic E-state index is 0.262. The van der Waals surface area contributed by atoms with Crippen molar-refractivity contribution in [3.05, 3.63) is 0 Å². The highest BCUT2D eigenvalue weighted by Crippen LogP contribution is 2.15. The molecule has 2 aliphatic rings. The van der Waals surface area contributed by atoms with Gasteiger partial charge in [-0.3, -0.25) is 15.0 Å². The first-order valence-corrected chi connectivity index (χ1v) is 6.49. The molecule has 2 atom stereocenters. The van der Waals surface area contributed by atoms with Gasteiger partial charge in [0.15, 0.2) is 0 Å². The van der Waals surface area contributed by atoms with Crippen molar-refractivity contribution < 1.29 is 4.79 Å². The van der Waals surface area contributed by atoms with Crippen LogP contribution >= 0.6 is 0 Å². The fourth-order valence-corrected chi connectivity index (χ4v) is 2.77. The molecule has 2 rings (SSSR count). The van der Waals surface area contributed by atoms with Crippen LogP contribution in [0.1, 0.15) is 33.1 Å². The predicted molar refractivity (Wildman–Crippen MR) is 64.1 cm³/mol. The maximum absolute atomic E-state index is 11.7. The molecule has 2 aliphatic heterocycles. The van der Waals surface area contributed by atoms with E-state index in [9.17, 15) is 4.79 Å². The summed E-state index contributed by atoms with van der Waals surface area (Å²) < 4.78 is 0. The number of rotatable bonds is 4. The second-order valence-corrected chi connectivity index (χ2v) is 4.94. The van der Waals surface area contributed by atoms with Gasteiger partial charge < -0.3 is 4.90 Å². The van der Waals surface area contributed by atoms with Crippen LogP contribution in [-0.2, 0) is 4.79 Å². The van der Waals surface area contributed by atoms with Gasteiger partial charge in [0, 0.05) is 12.6 Å². The first-order valence-electron chi connectivity index (χ1n) is 6.49. The topological polar surface area (TPSA) is 35.6 Å². The van der Waals surface area contributed by atoms with Crippen LogP contribution < -0.4 is 5.32 Å². The number of likely N-dealkylation sites (tertiary alicyclic amines) is 1. The molecule has 4 heteroatoms. The molecular formula is C12H23N3O. The Labute approximate surface area is 98.0 Å². The summed E-state index contributed by atoms with van der Waals surface area (Å²) in [5.41, 5.74) is 0. The van der Waals surface area contributed by atoms with Crippen molar-refractivity contribution in [1.82, 2.24) is 15.1 Å². The van der Waals surface area contributed by atoms with Gasteiger partial charge in [-0.15, -0.1) is 0 Å². The Kier molecular flexibility index (Phi) is 3.82. The van der Waals surface area contributed by atoms with E-state index in [4.69, 9.17) is 0 Å². The van der Waals surface area contributed by atoms with E-state index in [1.165, 1.54) is 25.9 Å². The summed E-state index contributed by atoms with van der Waals surface area (Å²) in [6, 6.07) is 0.500. The Bertz CT molecular complexity index is 251. The standard InChI is InChI=1S/C12H23N3O/c1-3-11-13-8-12(16)15(11)9-10(2)14-6-4-5-7-14/h10-11,13H,3-9H2,1-2H3. The van der Waals surface area contributed by atoms with Crippen molar-refractivity contribution in [2.45, 2.75) is 45.3 Å². The van der Waals surface area contributed by atoms with Gasteiger partial charge in [0.05, 0.1) is 12.7 Å². The van der Waals surface area contributed by atoms with Gasteiger partial charge in [-0.25, -0.2) is 0 Å². The number of carbonyl (C=O) groups is 1. The molecule has 2 saturated heterocycles. The second-order valence-electron chi connectivity index (χ2n) is 4.94. The average Bonchev–Trinajstić information content (AvgIpc) is 2.89. The molecule has 0 saturated carbocycles. The molecule has 0 aromatic heterocycles. The lowest BCUT2D eigenvalue weighted by molar-refractivity contribution is -0.128. The molecular weight excluding hydrogens is 202 g/mol. The van der Waals surface area contributed by atoms with Crippen molar-refractivity contribution in [2.24, 2.45) is 0 Å². The van der Waals surface area contributed by atoms with Gasteiger partial charge in [0.1, 0.15) is 0 Å². The predicted octanol–water partition coefficient (Wildman–Crippen LogP) is 0.639. The number of carbonyl (C=O) groups excluding carboxylic acids is 1. The first-order chi connectivity index (χ1) is 7.72. The summed E-state index contributed by atoms with van der Waals surface area (Å²) in [6.07, 6.45) is 3.89. The normalized spacial score (nSPS) is 29.0. The Balaban J connectivity index is 1.89. The summed E-state index contributed by atoms with van der Waals surface area (Å²) in [7, 11) is 0. The van der Waals surface area contributed by atoms with E-state index in [2.05, 4.69) is 24.1 Å². The monoisotopic (exact) mass is 225 g/mol. The van der Waals surface area contributed by atoms with Gasteiger partial charge in [0.25, 0.3) is 0 Å². The summed E-state index contributed by atoms with van der Waals surface area (Å²) in [6.45, 7) is 8.17. The fourth-order valence-electron chi connectivity index (χ4n) is 2.77. The van der Waals surface area contributed by atoms with E-state index in [0.717, 1.165) is 13.0 Å². The Morgan fingerprint density at radius 3 is 2.75 bits per heavy atom. The molecule has 2 fully saturated rings. The van der Waals surface area contributed by atoms with Gasteiger partial charge in [-0.1, -0.05) is 6.92 Å². The highest BCUT2D eigenvalue weighted by Gasteiger charge is 2.31. The van der Waals surface area contributed by atoms with E-state index in [0.29, 0.717) is 12.6 Å². The van der Waals surface area contributed by atoms with Crippen LogP contribution in [0, 0.1) is 0 Å². The summed E-state index contributed by atoms with van der Waals surface area (Å²) >= 11 is 0. The molecule has 1 N–H and O–H groups in total. The maximum atomic E-state index is 11.7. The Hall–Kier alpha value is -0.610. The van der Waals surface area contributed by atoms with Crippen LogP contribution in [0.4, 0.5) is 0 Å². The highest BCUT2D eigenvalue weighted by molar-refractivity contribution is 5.80. The smallest absolute Gasteiger partial charge is 0.237 e. The van der Waals surface area contributed by atoms with Gasteiger partial charge in [-0.05, 0) is 39.3 Å². The summed E-state index contributed by atoms with van der Waals surface area (Å²) in [5, 5.41) is 3.26. The number of amides is 1. The Morgan fingerprint density at radius 2 is 2.12 bits per heavy atom. The zero-order chi connectivity index (χ0) is 11.5. The molecule has 1 amide bonds. The number of nitrogens with zero attached hydrogens (tertiary/aromatic N) is 2. The van der Waals surface area contributed by atoms with Crippen molar-refractivity contribution in [2.75, 3.05) is 26.2 Å². The number of nitrogens with one attached hydrogen (secondary N) is 1. The van der Waals surface area contributed by atoms with Crippen LogP contribution in [0.3, 0.4) is 0 Å². The lowest BCUT2D eigenvalue weighted by Gasteiger charge is -2.31. The van der Waals surface area contributed by atoms with Crippen LogP contribution in [-0.4, -0.2) is 54.1 Å². The van der Waals surface area contributed by atoms with Gasteiger partial charge in [0.2, 0.25) is 5.91 Å². The SMILES string of the molecule is CCC1NCC(=O)N1CC(C)N1CCCC1. The molecule has 0 aromatic carbocycles. The molecule has 2 heterocycles. The average molecular weight is 225 g/mol. The van der Waals surface area contributed by atoms with Crippen molar-refractivity contribution in [3.63, 3.8) is 0 Å². The van der Waals surface area contributed by atoms with E-state index >= 15 is 0 Å². The molecule has 16 heavy (non-hydrogen) atoms.